The van der Waals surface area contributed by atoms with Gasteiger partial charge in [-0.1, -0.05) is 18.2 Å². The zero-order chi connectivity index (χ0) is 18.4. The van der Waals surface area contributed by atoms with Crippen LogP contribution in [0.3, 0.4) is 0 Å². The molecule has 8 heteroatoms. The highest BCUT2D eigenvalue weighted by molar-refractivity contribution is 14.0. The van der Waals surface area contributed by atoms with Gasteiger partial charge in [0.25, 0.3) is 11.8 Å². The molecule has 1 aromatic carbocycles. The molecular weight excluding hydrogens is 475 g/mol. The number of thiophene rings is 1. The van der Waals surface area contributed by atoms with Gasteiger partial charge < -0.3 is 10.6 Å². The molecule has 0 radical (unpaired) electrons. The highest BCUT2D eigenvalue weighted by atomic mass is 127. The summed E-state index contributed by atoms with van der Waals surface area (Å²) >= 11 is 1.70. The number of hydrogen-bond donors (Lipinski definition) is 2. The first kappa shape index (κ1) is 21.4. The zero-order valence-corrected chi connectivity index (χ0v) is 18.3. The van der Waals surface area contributed by atoms with Crippen LogP contribution in [0.4, 0.5) is 0 Å². The number of fused-ring (bicyclic) bond motifs is 1. The van der Waals surface area contributed by atoms with E-state index in [1.807, 2.05) is 11.4 Å². The van der Waals surface area contributed by atoms with E-state index in [0.29, 0.717) is 17.7 Å². The van der Waals surface area contributed by atoms with Crippen molar-refractivity contribution in [2.24, 2.45) is 4.99 Å². The summed E-state index contributed by atoms with van der Waals surface area (Å²) in [5, 5.41) is 8.56. The smallest absolute Gasteiger partial charge is 0.261 e. The highest BCUT2D eigenvalue weighted by Gasteiger charge is 2.34. The van der Waals surface area contributed by atoms with Gasteiger partial charge >= 0.3 is 0 Å². The first-order valence-corrected chi connectivity index (χ1v) is 9.51. The van der Waals surface area contributed by atoms with E-state index in [1.165, 1.54) is 9.78 Å². The Morgan fingerprint density at radius 3 is 2.33 bits per heavy atom. The molecule has 1 aliphatic rings. The van der Waals surface area contributed by atoms with Gasteiger partial charge in [0.2, 0.25) is 0 Å². The number of carbonyl (C=O) groups is 2. The summed E-state index contributed by atoms with van der Waals surface area (Å²) in [5.41, 5.74) is 1.02. The van der Waals surface area contributed by atoms with Crippen LogP contribution in [0.1, 0.15) is 38.4 Å². The molecule has 2 amide bonds. The third kappa shape index (κ3) is 5.29. The molecule has 144 valence electrons. The van der Waals surface area contributed by atoms with E-state index >= 15 is 0 Å². The van der Waals surface area contributed by atoms with Crippen LogP contribution in [0.5, 0.6) is 0 Å². The summed E-state index contributed by atoms with van der Waals surface area (Å²) in [6.45, 7) is 1.91. The average molecular weight is 498 g/mol. The average Bonchev–Trinajstić information content (AvgIpc) is 3.26. The molecule has 1 aromatic heterocycles. The number of unbranched alkanes of at least 4 members (excludes halogenated alkanes) is 1. The number of halogens is 1. The normalized spacial score (nSPS) is 13.4. The molecule has 0 fully saturated rings. The van der Waals surface area contributed by atoms with Crippen LogP contribution in [0.2, 0.25) is 0 Å². The molecular formula is C19H23IN4O2S. The number of guanidine groups is 1. The fourth-order valence-corrected chi connectivity index (χ4v) is 3.49. The van der Waals surface area contributed by atoms with E-state index in [9.17, 15) is 9.59 Å². The maximum Gasteiger partial charge on any atom is 0.261 e. The summed E-state index contributed by atoms with van der Waals surface area (Å²) in [5.74, 6) is 0.373. The van der Waals surface area contributed by atoms with Gasteiger partial charge in [-0.3, -0.25) is 19.5 Å². The highest BCUT2D eigenvalue weighted by Crippen LogP contribution is 2.22. The van der Waals surface area contributed by atoms with Crippen molar-refractivity contribution in [3.63, 3.8) is 0 Å². The number of amides is 2. The van der Waals surface area contributed by atoms with Crippen LogP contribution < -0.4 is 10.6 Å². The topological polar surface area (TPSA) is 73.8 Å². The molecule has 0 unspecified atom stereocenters. The molecule has 2 aromatic rings. The van der Waals surface area contributed by atoms with Crippen LogP contribution in [0, 0.1) is 0 Å². The van der Waals surface area contributed by atoms with E-state index in [4.69, 9.17) is 0 Å². The minimum atomic E-state index is -0.188. The van der Waals surface area contributed by atoms with Gasteiger partial charge in [-0.05, 0) is 36.4 Å². The lowest BCUT2D eigenvalue weighted by Gasteiger charge is -2.14. The quantitative estimate of drug-likeness (QED) is 0.202. The standard InChI is InChI=1S/C19H22N4O2S.HI/c1-20-19(22-13-14-7-6-12-26-14)21-10-4-5-11-23-17(24)15-8-2-3-9-16(15)18(23)25;/h2-3,6-9,12H,4-5,10-11,13H2,1H3,(H2,20,21,22);1H. The molecule has 2 N–H and O–H groups in total. The van der Waals surface area contributed by atoms with Gasteiger partial charge in [-0.25, -0.2) is 0 Å². The summed E-state index contributed by atoms with van der Waals surface area (Å²) in [4.78, 5) is 31.4. The first-order chi connectivity index (χ1) is 12.7. The van der Waals surface area contributed by atoms with E-state index in [0.717, 1.165) is 31.9 Å². The maximum absolute atomic E-state index is 12.3. The van der Waals surface area contributed by atoms with E-state index in [2.05, 4.69) is 21.7 Å². The largest absolute Gasteiger partial charge is 0.356 e. The number of nitrogens with zero attached hydrogens (tertiary/aromatic N) is 2. The van der Waals surface area contributed by atoms with Crippen molar-refractivity contribution in [2.75, 3.05) is 20.1 Å². The monoisotopic (exact) mass is 498 g/mol. The Labute approximate surface area is 180 Å². The maximum atomic E-state index is 12.3. The Kier molecular flexibility index (Phi) is 8.23. The van der Waals surface area contributed by atoms with Gasteiger partial charge in [0.1, 0.15) is 0 Å². The fraction of sp³-hybridized carbons (Fsp3) is 0.316. The molecule has 3 rings (SSSR count). The number of rotatable bonds is 7. The summed E-state index contributed by atoms with van der Waals surface area (Å²) < 4.78 is 0. The molecule has 0 spiro atoms. The van der Waals surface area contributed by atoms with Gasteiger partial charge in [-0.2, -0.15) is 0 Å². The third-order valence-electron chi connectivity index (χ3n) is 4.21. The molecule has 27 heavy (non-hydrogen) atoms. The van der Waals surface area contributed by atoms with Crippen molar-refractivity contribution in [3.05, 3.63) is 57.8 Å². The van der Waals surface area contributed by atoms with Crippen LogP contribution in [0.15, 0.2) is 46.8 Å². The van der Waals surface area contributed by atoms with Crippen molar-refractivity contribution in [2.45, 2.75) is 19.4 Å². The van der Waals surface area contributed by atoms with Gasteiger partial charge in [0, 0.05) is 25.0 Å². The van der Waals surface area contributed by atoms with Crippen molar-refractivity contribution >= 4 is 53.1 Å². The van der Waals surface area contributed by atoms with Crippen LogP contribution >= 0.6 is 35.3 Å². The second kappa shape index (κ2) is 10.4. The molecule has 0 aliphatic carbocycles. The van der Waals surface area contributed by atoms with E-state index in [1.54, 1.807) is 42.6 Å². The predicted octanol–water partition coefficient (Wildman–Crippen LogP) is 3.11. The number of carbonyl (C=O) groups excluding carboxylic acids is 2. The Hall–Kier alpha value is -1.94. The number of aliphatic imine (C=N–C) groups is 1. The molecule has 1 aliphatic heterocycles. The Morgan fingerprint density at radius 1 is 1.04 bits per heavy atom. The molecule has 2 heterocycles. The van der Waals surface area contributed by atoms with Crippen LogP contribution in [-0.2, 0) is 6.54 Å². The lowest BCUT2D eigenvalue weighted by Crippen LogP contribution is -2.37. The molecule has 0 atom stereocenters. The second-order valence-corrected chi connectivity index (χ2v) is 6.98. The summed E-state index contributed by atoms with van der Waals surface area (Å²) in [6.07, 6.45) is 1.59. The fourth-order valence-electron chi connectivity index (χ4n) is 2.85. The van der Waals surface area contributed by atoms with Crippen LogP contribution in [0.25, 0.3) is 0 Å². The van der Waals surface area contributed by atoms with Crippen molar-refractivity contribution in [3.8, 4) is 0 Å². The number of imide groups is 1. The zero-order valence-electron chi connectivity index (χ0n) is 15.1. The van der Waals surface area contributed by atoms with E-state index in [-0.39, 0.29) is 35.8 Å². The predicted molar refractivity (Wildman–Crippen MR) is 119 cm³/mol. The minimum absolute atomic E-state index is 0. The molecule has 0 saturated carbocycles. The van der Waals surface area contributed by atoms with Crippen molar-refractivity contribution < 1.29 is 9.59 Å². The number of hydrogen-bond acceptors (Lipinski definition) is 4. The molecule has 6 nitrogen and oxygen atoms in total. The number of benzene rings is 1. The summed E-state index contributed by atoms with van der Waals surface area (Å²) in [6, 6.07) is 11.1. The van der Waals surface area contributed by atoms with Crippen molar-refractivity contribution in [1.29, 1.82) is 0 Å². The molecule has 0 bridgehead atoms. The number of nitrogens with one attached hydrogen (secondary N) is 2. The Balaban J connectivity index is 0.00000261. The lowest BCUT2D eigenvalue weighted by molar-refractivity contribution is 0.0652. The lowest BCUT2D eigenvalue weighted by atomic mass is 10.1. The first-order valence-electron chi connectivity index (χ1n) is 8.63. The minimum Gasteiger partial charge on any atom is -0.356 e. The van der Waals surface area contributed by atoms with E-state index < -0.39 is 0 Å². The van der Waals surface area contributed by atoms with Crippen molar-refractivity contribution in [1.82, 2.24) is 15.5 Å². The third-order valence-corrected chi connectivity index (χ3v) is 5.09. The second-order valence-electron chi connectivity index (χ2n) is 5.95. The van der Waals surface area contributed by atoms with Gasteiger partial charge in [-0.15, -0.1) is 35.3 Å². The SMILES string of the molecule is CN=C(NCCCCN1C(=O)c2ccccc2C1=O)NCc1cccs1.I. The Morgan fingerprint density at radius 2 is 1.74 bits per heavy atom. The van der Waals surface area contributed by atoms with Gasteiger partial charge in [0.15, 0.2) is 5.96 Å². The Bertz CT molecular complexity index is 773. The van der Waals surface area contributed by atoms with Crippen LogP contribution in [-0.4, -0.2) is 42.8 Å². The summed E-state index contributed by atoms with van der Waals surface area (Å²) in [7, 11) is 1.74. The molecule has 0 saturated heterocycles. The van der Waals surface area contributed by atoms with Gasteiger partial charge in [0.05, 0.1) is 17.7 Å².